The van der Waals surface area contributed by atoms with Gasteiger partial charge in [-0.05, 0) is 66.9 Å². The second kappa shape index (κ2) is 11.4. The number of hydrogen-bond acceptors (Lipinski definition) is 6. The number of fused-ring (bicyclic) bond motifs is 1. The number of alkyl halides is 6. The Kier molecular flexibility index (Phi) is 7.86. The van der Waals surface area contributed by atoms with E-state index < -0.39 is 41.4 Å². The fourth-order valence-corrected chi connectivity index (χ4v) is 4.78. The van der Waals surface area contributed by atoms with E-state index in [2.05, 4.69) is 15.3 Å². The van der Waals surface area contributed by atoms with Crippen molar-refractivity contribution in [3.63, 3.8) is 0 Å². The first-order valence-corrected chi connectivity index (χ1v) is 12.9. The molecule has 224 valence electrons. The SMILES string of the molecule is Nc1ccc(C=CC(=O)NCc2cc3cc(-c4ccc(C(=O)N5CCC[C@@H]5C(F)(F)F)cn4)cc(C(F)(F)F)c3o2)cn1. The number of amides is 2. The molecule has 0 unspecified atom stereocenters. The van der Waals surface area contributed by atoms with Crippen molar-refractivity contribution in [3.05, 3.63) is 83.4 Å². The number of carbonyl (C=O) groups excluding carboxylic acids is 2. The lowest BCUT2D eigenvalue weighted by Crippen LogP contribution is -2.44. The molecule has 1 aromatic carbocycles. The molecule has 0 aliphatic carbocycles. The van der Waals surface area contributed by atoms with Crippen LogP contribution in [0.4, 0.5) is 32.2 Å². The zero-order valence-electron chi connectivity index (χ0n) is 22.2. The van der Waals surface area contributed by atoms with E-state index in [1.54, 1.807) is 12.1 Å². The third-order valence-corrected chi connectivity index (χ3v) is 6.84. The molecule has 4 aromatic rings. The molecule has 1 saturated heterocycles. The number of halogens is 6. The first kappa shape index (κ1) is 29.6. The average Bonchev–Trinajstić information content (AvgIpc) is 3.62. The van der Waals surface area contributed by atoms with Gasteiger partial charge in [0.1, 0.15) is 23.2 Å². The molecule has 4 heterocycles. The Morgan fingerprint density at radius 1 is 1.05 bits per heavy atom. The Bertz CT molecular complexity index is 1680. The van der Waals surface area contributed by atoms with Crippen LogP contribution >= 0.6 is 0 Å². The molecule has 1 fully saturated rings. The van der Waals surface area contributed by atoms with Crippen LogP contribution in [0.5, 0.6) is 0 Å². The highest BCUT2D eigenvalue weighted by Crippen LogP contribution is 2.39. The predicted molar refractivity (Wildman–Crippen MR) is 144 cm³/mol. The molecule has 2 amide bonds. The van der Waals surface area contributed by atoms with E-state index >= 15 is 0 Å². The summed E-state index contributed by atoms with van der Waals surface area (Å²) in [5.41, 5.74) is 4.61. The summed E-state index contributed by atoms with van der Waals surface area (Å²) in [6.45, 7) is -0.259. The van der Waals surface area contributed by atoms with Crippen molar-refractivity contribution in [3.8, 4) is 11.3 Å². The van der Waals surface area contributed by atoms with Gasteiger partial charge >= 0.3 is 12.4 Å². The Morgan fingerprint density at radius 2 is 1.84 bits per heavy atom. The average molecular weight is 604 g/mol. The van der Waals surface area contributed by atoms with Gasteiger partial charge in [0.05, 0.1) is 23.4 Å². The maximum atomic E-state index is 14.0. The van der Waals surface area contributed by atoms with Crippen molar-refractivity contribution < 1.29 is 40.3 Å². The molecule has 0 spiro atoms. The zero-order valence-corrected chi connectivity index (χ0v) is 22.2. The second-order valence-corrected chi connectivity index (χ2v) is 9.85. The zero-order chi connectivity index (χ0) is 30.9. The standard InChI is InChI=1S/C29H23F6N5O3/c30-28(31,32)21-12-18(22-6-5-17(14-37-22)27(42)40-9-1-2-23(40)29(33,34)35)10-19-11-20(43-26(19)21)15-39-25(41)8-4-16-3-7-24(36)38-13-16/h3-8,10-14,23H,1-2,9,15H2,(H2,36,38)(H,39,41)/t23-/m1/s1. The van der Waals surface area contributed by atoms with Gasteiger partial charge in [-0.1, -0.05) is 0 Å². The molecule has 1 aliphatic heterocycles. The van der Waals surface area contributed by atoms with Gasteiger partial charge in [-0.2, -0.15) is 26.3 Å². The molecule has 5 rings (SSSR count). The molecule has 0 saturated carbocycles. The van der Waals surface area contributed by atoms with E-state index in [4.69, 9.17) is 10.2 Å². The third kappa shape index (κ3) is 6.63. The minimum absolute atomic E-state index is 0.0459. The first-order chi connectivity index (χ1) is 20.3. The molecule has 1 atom stereocenters. The highest BCUT2D eigenvalue weighted by molar-refractivity contribution is 5.95. The lowest BCUT2D eigenvalue weighted by Gasteiger charge is -2.26. The van der Waals surface area contributed by atoms with Gasteiger partial charge in [0.25, 0.3) is 5.91 Å². The Labute approximate surface area is 240 Å². The summed E-state index contributed by atoms with van der Waals surface area (Å²) in [5, 5.41) is 2.62. The number of nitrogen functional groups attached to an aromatic ring is 1. The molecular formula is C29H23F6N5O3. The molecule has 3 aromatic heterocycles. The number of anilines is 1. The number of nitrogens with zero attached hydrogens (tertiary/aromatic N) is 3. The third-order valence-electron chi connectivity index (χ3n) is 6.84. The number of carbonyl (C=O) groups is 2. The van der Waals surface area contributed by atoms with Gasteiger partial charge in [-0.3, -0.25) is 14.6 Å². The van der Waals surface area contributed by atoms with Crippen molar-refractivity contribution in [1.82, 2.24) is 20.2 Å². The quantitative estimate of drug-likeness (QED) is 0.207. The van der Waals surface area contributed by atoms with E-state index in [1.165, 1.54) is 42.6 Å². The van der Waals surface area contributed by atoms with Crippen LogP contribution < -0.4 is 11.1 Å². The van der Waals surface area contributed by atoms with Crippen molar-refractivity contribution >= 4 is 34.7 Å². The van der Waals surface area contributed by atoms with Crippen LogP contribution in [-0.4, -0.2) is 45.4 Å². The Balaban J connectivity index is 1.35. The molecule has 14 heteroatoms. The maximum Gasteiger partial charge on any atom is 0.420 e. The summed E-state index contributed by atoms with van der Waals surface area (Å²) >= 11 is 0. The van der Waals surface area contributed by atoms with E-state index in [0.29, 0.717) is 11.4 Å². The number of hydrogen-bond donors (Lipinski definition) is 2. The highest BCUT2D eigenvalue weighted by atomic mass is 19.4. The fourth-order valence-electron chi connectivity index (χ4n) is 4.78. The van der Waals surface area contributed by atoms with Gasteiger partial charge < -0.3 is 20.4 Å². The van der Waals surface area contributed by atoms with Crippen LogP contribution in [-0.2, 0) is 17.5 Å². The Hall–Kier alpha value is -4.88. The molecular weight excluding hydrogens is 580 g/mol. The number of nitrogens with two attached hydrogens (primary N) is 1. The number of aromatic nitrogens is 2. The normalized spacial score (nSPS) is 15.9. The summed E-state index contributed by atoms with van der Waals surface area (Å²) in [6.07, 6.45) is -4.15. The van der Waals surface area contributed by atoms with Crippen LogP contribution in [0.15, 0.2) is 65.4 Å². The molecule has 0 radical (unpaired) electrons. The van der Waals surface area contributed by atoms with Gasteiger partial charge in [0.2, 0.25) is 5.91 Å². The maximum absolute atomic E-state index is 14.0. The summed E-state index contributed by atoms with van der Waals surface area (Å²) in [6, 6.07) is 7.41. The fraction of sp³-hybridized carbons (Fsp3) is 0.241. The van der Waals surface area contributed by atoms with E-state index in [9.17, 15) is 35.9 Å². The largest absolute Gasteiger partial charge is 0.459 e. The van der Waals surface area contributed by atoms with Gasteiger partial charge in [0.15, 0.2) is 0 Å². The number of furan rings is 1. The molecule has 0 bridgehead atoms. The van der Waals surface area contributed by atoms with Crippen LogP contribution in [0.1, 0.15) is 40.1 Å². The molecule has 3 N–H and O–H groups in total. The monoisotopic (exact) mass is 603 g/mol. The molecule has 43 heavy (non-hydrogen) atoms. The van der Waals surface area contributed by atoms with Crippen LogP contribution in [0.2, 0.25) is 0 Å². The number of nitrogens with one attached hydrogen (secondary N) is 1. The first-order valence-electron chi connectivity index (χ1n) is 12.9. The second-order valence-electron chi connectivity index (χ2n) is 9.85. The smallest absolute Gasteiger partial charge is 0.420 e. The van der Waals surface area contributed by atoms with E-state index in [-0.39, 0.29) is 53.9 Å². The minimum atomic E-state index is -4.80. The number of likely N-dealkylation sites (tertiary alicyclic amines) is 1. The van der Waals surface area contributed by atoms with Crippen molar-refractivity contribution in [2.24, 2.45) is 0 Å². The highest BCUT2D eigenvalue weighted by Gasteiger charge is 2.47. The lowest BCUT2D eigenvalue weighted by molar-refractivity contribution is -0.169. The van der Waals surface area contributed by atoms with Crippen molar-refractivity contribution in [1.29, 1.82) is 0 Å². The van der Waals surface area contributed by atoms with Crippen molar-refractivity contribution in [2.75, 3.05) is 12.3 Å². The van der Waals surface area contributed by atoms with E-state index in [0.717, 1.165) is 17.2 Å². The Morgan fingerprint density at radius 3 is 2.49 bits per heavy atom. The summed E-state index contributed by atoms with van der Waals surface area (Å²) in [5.74, 6) is -1.00. The summed E-state index contributed by atoms with van der Waals surface area (Å²) in [7, 11) is 0. The van der Waals surface area contributed by atoms with Gasteiger partial charge in [0, 0.05) is 36.0 Å². The minimum Gasteiger partial charge on any atom is -0.459 e. The van der Waals surface area contributed by atoms with Crippen LogP contribution in [0.3, 0.4) is 0 Å². The van der Waals surface area contributed by atoms with Crippen LogP contribution in [0.25, 0.3) is 28.3 Å². The van der Waals surface area contributed by atoms with E-state index in [1.807, 2.05) is 0 Å². The molecule has 1 aliphatic rings. The summed E-state index contributed by atoms with van der Waals surface area (Å²) < 4.78 is 87.3. The topological polar surface area (TPSA) is 114 Å². The number of benzene rings is 1. The van der Waals surface area contributed by atoms with Crippen LogP contribution in [0, 0.1) is 0 Å². The number of pyridine rings is 2. The van der Waals surface area contributed by atoms with Crippen molar-refractivity contribution in [2.45, 2.75) is 37.8 Å². The van der Waals surface area contributed by atoms with Gasteiger partial charge in [-0.25, -0.2) is 4.98 Å². The lowest BCUT2D eigenvalue weighted by atomic mass is 10.0. The van der Waals surface area contributed by atoms with Gasteiger partial charge in [-0.15, -0.1) is 0 Å². The summed E-state index contributed by atoms with van der Waals surface area (Å²) in [4.78, 5) is 33.7. The number of rotatable bonds is 6. The molecule has 8 nitrogen and oxygen atoms in total. The predicted octanol–water partition coefficient (Wildman–Crippen LogP) is 5.99.